The number of nitro groups is 1. The molecule has 2 aromatic carbocycles. The van der Waals surface area contributed by atoms with Crippen LogP contribution in [0.5, 0.6) is 11.5 Å². The minimum Gasteiger partial charge on any atom is -0.486 e. The number of non-ortho nitro benzene ring substituents is 1. The molecule has 0 saturated carbocycles. The van der Waals surface area contributed by atoms with Gasteiger partial charge in [0, 0.05) is 28.7 Å². The number of rotatable bonds is 4. The summed E-state index contributed by atoms with van der Waals surface area (Å²) in [5.41, 5.74) is 0.0899. The molecule has 0 unspecified atom stereocenters. The van der Waals surface area contributed by atoms with Gasteiger partial charge >= 0.3 is 0 Å². The third-order valence-electron chi connectivity index (χ3n) is 3.23. The van der Waals surface area contributed by atoms with Crippen LogP contribution in [0.4, 0.5) is 11.4 Å². The van der Waals surface area contributed by atoms with E-state index in [1.165, 1.54) is 18.2 Å². The van der Waals surface area contributed by atoms with Crippen LogP contribution in [0.25, 0.3) is 0 Å². The molecule has 1 heterocycles. The van der Waals surface area contributed by atoms with Crippen LogP contribution in [0.15, 0.2) is 45.8 Å². The van der Waals surface area contributed by atoms with Crippen LogP contribution in [0.1, 0.15) is 0 Å². The molecule has 0 spiro atoms. The first kappa shape index (κ1) is 16.5. The first-order valence-corrected chi connectivity index (χ1v) is 9.01. The molecule has 0 atom stereocenters. The monoisotopic (exact) mass is 414 g/mol. The van der Waals surface area contributed by atoms with Gasteiger partial charge in [0.25, 0.3) is 15.7 Å². The Morgan fingerprint density at radius 2 is 1.67 bits per heavy atom. The summed E-state index contributed by atoms with van der Waals surface area (Å²) in [6.45, 7) is 0.802. The molecule has 0 fully saturated rings. The Morgan fingerprint density at radius 1 is 1.08 bits per heavy atom. The van der Waals surface area contributed by atoms with E-state index >= 15 is 0 Å². The molecule has 1 aliphatic rings. The molecule has 1 N–H and O–H groups in total. The third-order valence-corrected chi connectivity index (χ3v) is 5.27. The summed E-state index contributed by atoms with van der Waals surface area (Å²) < 4.78 is 38.6. The standard InChI is InChI=1S/C14H11BrN2O6S/c15-11-7-13-14(23-6-5-22-13)8-12(11)16-24(20,21)10-3-1-9(2-4-10)17(18)19/h1-4,7-8,16H,5-6H2. The van der Waals surface area contributed by atoms with E-state index in [-0.39, 0.29) is 16.3 Å². The average Bonchev–Trinajstić information content (AvgIpc) is 2.55. The molecule has 8 nitrogen and oxygen atoms in total. The maximum Gasteiger partial charge on any atom is 0.269 e. The maximum atomic E-state index is 12.4. The Hall–Kier alpha value is -2.33. The highest BCUT2D eigenvalue weighted by Gasteiger charge is 2.20. The fourth-order valence-corrected chi connectivity index (χ4v) is 3.72. The number of halogens is 1. The van der Waals surface area contributed by atoms with E-state index in [1.54, 1.807) is 6.07 Å². The second-order valence-electron chi connectivity index (χ2n) is 4.83. The van der Waals surface area contributed by atoms with Gasteiger partial charge in [-0.25, -0.2) is 8.42 Å². The van der Waals surface area contributed by atoms with E-state index in [0.717, 1.165) is 12.1 Å². The lowest BCUT2D eigenvalue weighted by atomic mass is 10.2. The summed E-state index contributed by atoms with van der Waals surface area (Å²) in [7, 11) is -3.90. The summed E-state index contributed by atoms with van der Waals surface area (Å²) in [6.07, 6.45) is 0. The van der Waals surface area contributed by atoms with Gasteiger partial charge in [-0.1, -0.05) is 0 Å². The van der Waals surface area contributed by atoms with Crippen molar-refractivity contribution >= 4 is 37.3 Å². The molecule has 10 heteroatoms. The molecule has 126 valence electrons. The number of nitro benzene ring substituents is 1. The smallest absolute Gasteiger partial charge is 0.269 e. The van der Waals surface area contributed by atoms with Crippen LogP contribution in [0.3, 0.4) is 0 Å². The van der Waals surface area contributed by atoms with Crippen LogP contribution < -0.4 is 14.2 Å². The maximum absolute atomic E-state index is 12.4. The van der Waals surface area contributed by atoms with Gasteiger partial charge in [0.2, 0.25) is 0 Å². The summed E-state index contributed by atoms with van der Waals surface area (Å²) in [5, 5.41) is 10.6. The van der Waals surface area contributed by atoms with E-state index in [4.69, 9.17) is 9.47 Å². The molecule has 0 bridgehead atoms. The van der Waals surface area contributed by atoms with Gasteiger partial charge in [-0.2, -0.15) is 0 Å². The van der Waals surface area contributed by atoms with Gasteiger partial charge in [-0.3, -0.25) is 14.8 Å². The van der Waals surface area contributed by atoms with Gasteiger partial charge in [-0.05, 0) is 28.1 Å². The van der Waals surface area contributed by atoms with Gasteiger partial charge in [-0.15, -0.1) is 0 Å². The molecule has 1 aliphatic heterocycles. The average molecular weight is 415 g/mol. The Balaban J connectivity index is 1.90. The van der Waals surface area contributed by atoms with E-state index < -0.39 is 14.9 Å². The predicted octanol–water partition coefficient (Wildman–Crippen LogP) is 2.93. The molecular weight excluding hydrogens is 404 g/mol. The van der Waals surface area contributed by atoms with Gasteiger partial charge in [0.05, 0.1) is 15.5 Å². The lowest BCUT2D eigenvalue weighted by molar-refractivity contribution is -0.384. The number of ether oxygens (including phenoxy) is 2. The molecule has 0 radical (unpaired) electrons. The first-order chi connectivity index (χ1) is 11.4. The van der Waals surface area contributed by atoms with Crippen molar-refractivity contribution in [3.05, 3.63) is 51.0 Å². The highest BCUT2D eigenvalue weighted by molar-refractivity contribution is 9.10. The number of hydrogen-bond acceptors (Lipinski definition) is 6. The van der Waals surface area contributed by atoms with Crippen molar-refractivity contribution in [1.82, 2.24) is 0 Å². The van der Waals surface area contributed by atoms with Crippen molar-refractivity contribution in [2.45, 2.75) is 4.90 Å². The van der Waals surface area contributed by atoms with Crippen molar-refractivity contribution < 1.29 is 22.8 Å². The number of nitrogens with zero attached hydrogens (tertiary/aromatic N) is 1. The van der Waals surface area contributed by atoms with E-state index in [0.29, 0.717) is 29.2 Å². The van der Waals surface area contributed by atoms with Crippen molar-refractivity contribution in [3.8, 4) is 11.5 Å². The second-order valence-corrected chi connectivity index (χ2v) is 7.37. The number of fused-ring (bicyclic) bond motifs is 1. The quantitative estimate of drug-likeness (QED) is 0.608. The van der Waals surface area contributed by atoms with E-state index in [9.17, 15) is 18.5 Å². The predicted molar refractivity (Wildman–Crippen MR) is 89.0 cm³/mol. The largest absolute Gasteiger partial charge is 0.486 e. The topological polar surface area (TPSA) is 108 Å². The lowest BCUT2D eigenvalue weighted by Gasteiger charge is -2.20. The minimum atomic E-state index is -3.90. The van der Waals surface area contributed by atoms with E-state index in [2.05, 4.69) is 20.7 Å². The Morgan fingerprint density at radius 3 is 2.25 bits per heavy atom. The molecular formula is C14H11BrN2O6S. The zero-order chi connectivity index (χ0) is 17.3. The number of nitrogens with one attached hydrogen (secondary N) is 1. The summed E-state index contributed by atoms with van der Waals surface area (Å²) in [6, 6.07) is 7.74. The zero-order valence-electron chi connectivity index (χ0n) is 12.1. The van der Waals surface area contributed by atoms with Crippen molar-refractivity contribution in [2.24, 2.45) is 0 Å². The van der Waals surface area contributed by atoms with E-state index in [1.807, 2.05) is 0 Å². The number of anilines is 1. The van der Waals surface area contributed by atoms with Crippen molar-refractivity contribution in [2.75, 3.05) is 17.9 Å². The molecule has 3 rings (SSSR count). The molecule has 0 amide bonds. The van der Waals surface area contributed by atoms with Crippen LogP contribution in [0, 0.1) is 10.1 Å². The fourth-order valence-electron chi connectivity index (χ4n) is 2.09. The number of sulfonamides is 1. The summed E-state index contributed by atoms with van der Waals surface area (Å²) >= 11 is 3.28. The van der Waals surface area contributed by atoms with Crippen LogP contribution in [0.2, 0.25) is 0 Å². The van der Waals surface area contributed by atoms with Crippen molar-refractivity contribution in [3.63, 3.8) is 0 Å². The normalized spacial score (nSPS) is 13.4. The zero-order valence-corrected chi connectivity index (χ0v) is 14.5. The van der Waals surface area contributed by atoms with Gasteiger partial charge < -0.3 is 9.47 Å². The Bertz CT molecular complexity index is 898. The van der Waals surface area contributed by atoms with Crippen LogP contribution in [-0.2, 0) is 10.0 Å². The second kappa shape index (κ2) is 6.29. The summed E-state index contributed by atoms with van der Waals surface area (Å²) in [4.78, 5) is 9.96. The molecule has 0 aromatic heterocycles. The highest BCUT2D eigenvalue weighted by Crippen LogP contribution is 2.38. The molecule has 0 saturated heterocycles. The summed E-state index contributed by atoms with van der Waals surface area (Å²) in [5.74, 6) is 0.956. The minimum absolute atomic E-state index is 0.0881. The molecule has 2 aromatic rings. The lowest BCUT2D eigenvalue weighted by Crippen LogP contribution is -2.17. The highest BCUT2D eigenvalue weighted by atomic mass is 79.9. The van der Waals surface area contributed by atoms with Gasteiger partial charge in [0.1, 0.15) is 13.2 Å². The van der Waals surface area contributed by atoms with Crippen LogP contribution >= 0.6 is 15.9 Å². The van der Waals surface area contributed by atoms with Crippen molar-refractivity contribution in [1.29, 1.82) is 0 Å². The Labute approximate surface area is 145 Å². The van der Waals surface area contributed by atoms with Crippen LogP contribution in [-0.4, -0.2) is 26.6 Å². The SMILES string of the molecule is O=[N+]([O-])c1ccc(S(=O)(=O)Nc2cc3c(cc2Br)OCCO3)cc1. The Kier molecular flexibility index (Phi) is 4.33. The molecule has 0 aliphatic carbocycles. The third kappa shape index (κ3) is 3.29. The van der Waals surface area contributed by atoms with Gasteiger partial charge in [0.15, 0.2) is 11.5 Å². The first-order valence-electron chi connectivity index (χ1n) is 6.73. The molecule has 24 heavy (non-hydrogen) atoms. The number of benzene rings is 2. The fraction of sp³-hybridized carbons (Fsp3) is 0.143. The number of hydrogen-bond donors (Lipinski definition) is 1.